The maximum absolute atomic E-state index is 13.0. The molecule has 19 heavy (non-hydrogen) atoms. The molecule has 0 bridgehead atoms. The molecule has 6 heteroatoms. The van der Waals surface area contributed by atoms with Crippen LogP contribution in [0.1, 0.15) is 10.4 Å². The number of nitro groups is 1. The van der Waals surface area contributed by atoms with E-state index in [1.807, 2.05) is 0 Å². The number of nitrogens with one attached hydrogen (secondary N) is 1. The normalized spacial score (nSPS) is 9.95. The Kier molecular flexibility index (Phi) is 3.51. The summed E-state index contributed by atoms with van der Waals surface area (Å²) in [5.74, 6) is -1.42. The molecular formula is C13H9FN2O3. The zero-order valence-corrected chi connectivity index (χ0v) is 9.67. The molecule has 2 rings (SSSR count). The van der Waals surface area contributed by atoms with Crippen LogP contribution in [0.15, 0.2) is 48.5 Å². The molecule has 5 nitrogen and oxygen atoms in total. The van der Waals surface area contributed by atoms with Crippen molar-refractivity contribution in [2.24, 2.45) is 0 Å². The van der Waals surface area contributed by atoms with Crippen LogP contribution < -0.4 is 5.32 Å². The second-order valence-electron chi connectivity index (χ2n) is 3.74. The molecule has 0 aromatic heterocycles. The number of carbonyl (C=O) groups is 1. The van der Waals surface area contributed by atoms with E-state index in [-0.39, 0.29) is 5.56 Å². The molecule has 0 unspecified atom stereocenters. The van der Waals surface area contributed by atoms with Crippen molar-refractivity contribution < 1.29 is 14.1 Å². The summed E-state index contributed by atoms with van der Waals surface area (Å²) in [5, 5.41) is 13.3. The summed E-state index contributed by atoms with van der Waals surface area (Å²) in [7, 11) is 0. The monoisotopic (exact) mass is 260 g/mol. The van der Waals surface area contributed by atoms with Gasteiger partial charge in [0.2, 0.25) is 0 Å². The second kappa shape index (κ2) is 5.26. The first kappa shape index (κ1) is 12.7. The van der Waals surface area contributed by atoms with E-state index in [0.717, 1.165) is 18.2 Å². The largest absolute Gasteiger partial charge is 0.322 e. The molecule has 0 aliphatic heterocycles. The highest BCUT2D eigenvalue weighted by Crippen LogP contribution is 2.21. The molecule has 1 N–H and O–H groups in total. The average molecular weight is 260 g/mol. The lowest BCUT2D eigenvalue weighted by Gasteiger charge is -2.05. The Morgan fingerprint density at radius 1 is 1.16 bits per heavy atom. The Morgan fingerprint density at radius 2 is 1.84 bits per heavy atom. The van der Waals surface area contributed by atoms with Crippen molar-refractivity contribution in [2.75, 3.05) is 5.32 Å². The van der Waals surface area contributed by atoms with Crippen LogP contribution in [-0.2, 0) is 0 Å². The summed E-state index contributed by atoms with van der Waals surface area (Å²) in [5.41, 5.74) is -0.241. The minimum Gasteiger partial charge on any atom is -0.322 e. The fourth-order valence-corrected chi connectivity index (χ4v) is 1.57. The van der Waals surface area contributed by atoms with Crippen LogP contribution >= 0.6 is 0 Å². The Morgan fingerprint density at radius 3 is 2.47 bits per heavy atom. The lowest BCUT2D eigenvalue weighted by Crippen LogP contribution is -2.14. The number of halogens is 1. The number of rotatable bonds is 3. The number of nitrogens with zero attached hydrogens (tertiary/aromatic N) is 1. The Bertz CT molecular complexity index is 629. The number of nitro benzene ring substituents is 1. The van der Waals surface area contributed by atoms with Crippen molar-refractivity contribution in [1.82, 2.24) is 0 Å². The number of anilines is 1. The van der Waals surface area contributed by atoms with Gasteiger partial charge in [-0.05, 0) is 24.3 Å². The van der Waals surface area contributed by atoms with Crippen molar-refractivity contribution in [3.05, 3.63) is 70.0 Å². The van der Waals surface area contributed by atoms with Gasteiger partial charge in [-0.3, -0.25) is 14.9 Å². The number of hydrogen-bond acceptors (Lipinski definition) is 3. The molecule has 0 atom stereocenters. The van der Waals surface area contributed by atoms with Crippen LogP contribution in [0.5, 0.6) is 0 Å². The Hall–Kier alpha value is -2.76. The third kappa shape index (κ3) is 2.92. The topological polar surface area (TPSA) is 72.2 Å². The van der Waals surface area contributed by atoms with Gasteiger partial charge in [-0.15, -0.1) is 0 Å². The van der Waals surface area contributed by atoms with Gasteiger partial charge in [0.05, 0.1) is 11.0 Å². The lowest BCUT2D eigenvalue weighted by molar-refractivity contribution is -0.385. The van der Waals surface area contributed by atoms with Gasteiger partial charge < -0.3 is 5.32 Å². The third-order valence-electron chi connectivity index (χ3n) is 2.43. The number of benzene rings is 2. The molecule has 0 saturated carbocycles. The molecule has 2 aromatic rings. The fourth-order valence-electron chi connectivity index (χ4n) is 1.57. The van der Waals surface area contributed by atoms with Crippen LogP contribution in [-0.4, -0.2) is 10.8 Å². The van der Waals surface area contributed by atoms with Crippen LogP contribution in [0.25, 0.3) is 0 Å². The highest BCUT2D eigenvalue weighted by Gasteiger charge is 2.20. The van der Waals surface area contributed by atoms with E-state index in [9.17, 15) is 19.3 Å². The van der Waals surface area contributed by atoms with Gasteiger partial charge in [0, 0.05) is 5.69 Å². The van der Waals surface area contributed by atoms with Crippen molar-refractivity contribution >= 4 is 17.3 Å². The minimum atomic E-state index is -0.789. The second-order valence-corrected chi connectivity index (χ2v) is 3.74. The average Bonchev–Trinajstić information content (AvgIpc) is 2.39. The van der Waals surface area contributed by atoms with Crippen LogP contribution in [0, 0.1) is 15.9 Å². The molecule has 0 spiro atoms. The van der Waals surface area contributed by atoms with Crippen molar-refractivity contribution in [3.8, 4) is 0 Å². The van der Waals surface area contributed by atoms with Gasteiger partial charge >= 0.3 is 0 Å². The van der Waals surface area contributed by atoms with Crippen LogP contribution in [0.2, 0.25) is 0 Å². The highest BCUT2D eigenvalue weighted by molar-refractivity contribution is 6.07. The van der Waals surface area contributed by atoms with E-state index in [4.69, 9.17) is 0 Å². The van der Waals surface area contributed by atoms with Crippen molar-refractivity contribution in [3.63, 3.8) is 0 Å². The summed E-state index contributed by atoms with van der Waals surface area (Å²) >= 11 is 0. The molecule has 0 aliphatic rings. The van der Waals surface area contributed by atoms with E-state index in [0.29, 0.717) is 5.69 Å². The van der Waals surface area contributed by atoms with Crippen molar-refractivity contribution in [2.45, 2.75) is 0 Å². The van der Waals surface area contributed by atoms with E-state index in [1.165, 1.54) is 0 Å². The SMILES string of the molecule is O=C(Nc1ccccc1)c1ccc(F)cc1[N+](=O)[O-]. The molecule has 0 fully saturated rings. The van der Waals surface area contributed by atoms with E-state index >= 15 is 0 Å². The zero-order chi connectivity index (χ0) is 13.8. The maximum atomic E-state index is 13.0. The first-order valence-corrected chi connectivity index (χ1v) is 5.38. The van der Waals surface area contributed by atoms with E-state index < -0.39 is 22.3 Å². The molecule has 0 saturated heterocycles. The van der Waals surface area contributed by atoms with Gasteiger partial charge in [0.15, 0.2) is 0 Å². The smallest absolute Gasteiger partial charge is 0.285 e. The predicted molar refractivity (Wildman–Crippen MR) is 67.4 cm³/mol. The molecule has 0 aliphatic carbocycles. The molecule has 96 valence electrons. The van der Waals surface area contributed by atoms with Gasteiger partial charge in [-0.1, -0.05) is 18.2 Å². The number of hydrogen-bond donors (Lipinski definition) is 1. The maximum Gasteiger partial charge on any atom is 0.285 e. The Balaban J connectivity index is 2.31. The highest BCUT2D eigenvalue weighted by atomic mass is 19.1. The first-order valence-electron chi connectivity index (χ1n) is 5.38. The quantitative estimate of drug-likeness (QED) is 0.681. The molecule has 0 heterocycles. The summed E-state index contributed by atoms with van der Waals surface area (Å²) in [6.07, 6.45) is 0. The Labute approximate surface area is 107 Å². The first-order chi connectivity index (χ1) is 9.08. The summed E-state index contributed by atoms with van der Waals surface area (Å²) in [6, 6.07) is 11.3. The summed E-state index contributed by atoms with van der Waals surface area (Å²) in [6.45, 7) is 0. The third-order valence-corrected chi connectivity index (χ3v) is 2.43. The van der Waals surface area contributed by atoms with Crippen LogP contribution in [0.4, 0.5) is 15.8 Å². The predicted octanol–water partition coefficient (Wildman–Crippen LogP) is 2.99. The number of carbonyl (C=O) groups excluding carboxylic acids is 1. The minimum absolute atomic E-state index is 0.185. The summed E-state index contributed by atoms with van der Waals surface area (Å²) < 4.78 is 13.0. The molecular weight excluding hydrogens is 251 g/mol. The summed E-state index contributed by atoms with van der Waals surface area (Å²) in [4.78, 5) is 21.9. The molecule has 1 amide bonds. The van der Waals surface area contributed by atoms with E-state index in [1.54, 1.807) is 30.3 Å². The molecule has 2 aromatic carbocycles. The van der Waals surface area contributed by atoms with Crippen LogP contribution in [0.3, 0.4) is 0 Å². The van der Waals surface area contributed by atoms with E-state index in [2.05, 4.69) is 5.32 Å². The number of amides is 1. The van der Waals surface area contributed by atoms with Gasteiger partial charge in [-0.25, -0.2) is 4.39 Å². The van der Waals surface area contributed by atoms with Crippen molar-refractivity contribution in [1.29, 1.82) is 0 Å². The fraction of sp³-hybridized carbons (Fsp3) is 0. The standard InChI is InChI=1S/C13H9FN2O3/c14-9-6-7-11(12(8-9)16(18)19)13(17)15-10-4-2-1-3-5-10/h1-8H,(H,15,17). The molecule has 0 radical (unpaired) electrons. The lowest BCUT2D eigenvalue weighted by atomic mass is 10.1. The van der Waals surface area contributed by atoms with Gasteiger partial charge in [0.25, 0.3) is 11.6 Å². The van der Waals surface area contributed by atoms with Gasteiger partial charge in [-0.2, -0.15) is 0 Å². The number of para-hydroxylation sites is 1. The zero-order valence-electron chi connectivity index (χ0n) is 9.67. The van der Waals surface area contributed by atoms with Gasteiger partial charge in [0.1, 0.15) is 11.4 Å².